The lowest BCUT2D eigenvalue weighted by Crippen LogP contribution is -2.43. The zero-order valence-corrected chi connectivity index (χ0v) is 19.3. The van der Waals surface area contributed by atoms with E-state index in [4.69, 9.17) is 21.1 Å². The molecule has 0 fully saturated rings. The minimum Gasteiger partial charge on any atom is -0.493 e. The van der Waals surface area contributed by atoms with Crippen LogP contribution in [0.5, 0.6) is 11.5 Å². The van der Waals surface area contributed by atoms with Crippen LogP contribution >= 0.6 is 11.6 Å². The summed E-state index contributed by atoms with van der Waals surface area (Å²) in [6.45, 7) is 4.37. The van der Waals surface area contributed by atoms with Crippen LogP contribution < -0.4 is 14.4 Å². The summed E-state index contributed by atoms with van der Waals surface area (Å²) >= 11 is 6.50. The number of unbranched alkanes of at least 4 members (excludes halogenated alkanes) is 4. The molecule has 0 N–H and O–H groups in total. The molecule has 2 atom stereocenters. The maximum Gasteiger partial charge on any atom is 0.161 e. The highest BCUT2D eigenvalue weighted by Gasteiger charge is 2.35. The van der Waals surface area contributed by atoms with Gasteiger partial charge in [-0.1, -0.05) is 56.7 Å². The minimum atomic E-state index is -0.269. The molecule has 2 aromatic carbocycles. The van der Waals surface area contributed by atoms with Crippen LogP contribution in [0.2, 0.25) is 5.02 Å². The molecule has 1 heterocycles. The van der Waals surface area contributed by atoms with Crippen LogP contribution in [0.15, 0.2) is 30.3 Å². The summed E-state index contributed by atoms with van der Waals surface area (Å²) in [5, 5.41) is 0.460. The number of rotatable bonds is 9. The normalized spacial score (nSPS) is 18.3. The number of nitrogens with zero attached hydrogens (tertiary/aromatic N) is 1. The number of halogens is 2. The quantitative estimate of drug-likeness (QED) is 0.386. The van der Waals surface area contributed by atoms with Crippen molar-refractivity contribution < 1.29 is 13.9 Å². The van der Waals surface area contributed by atoms with E-state index in [9.17, 15) is 4.39 Å². The van der Waals surface area contributed by atoms with Gasteiger partial charge in [-0.25, -0.2) is 4.39 Å². The molecule has 3 nitrogen and oxygen atoms in total. The van der Waals surface area contributed by atoms with Gasteiger partial charge in [-0.15, -0.1) is 0 Å². The summed E-state index contributed by atoms with van der Waals surface area (Å²) in [5.41, 5.74) is 2.92. The highest BCUT2D eigenvalue weighted by molar-refractivity contribution is 6.33. The first-order chi connectivity index (χ1) is 14.5. The van der Waals surface area contributed by atoms with Crippen molar-refractivity contribution in [1.82, 2.24) is 0 Å². The molecule has 0 aromatic heterocycles. The van der Waals surface area contributed by atoms with Crippen LogP contribution in [0.1, 0.15) is 69.5 Å². The van der Waals surface area contributed by atoms with Crippen LogP contribution in [0.4, 0.5) is 10.1 Å². The Kier molecular flexibility index (Phi) is 7.87. The van der Waals surface area contributed by atoms with Gasteiger partial charge in [-0.3, -0.25) is 0 Å². The van der Waals surface area contributed by atoms with E-state index in [0.29, 0.717) is 16.5 Å². The number of ether oxygens (including phenoxy) is 2. The first kappa shape index (κ1) is 22.7. The van der Waals surface area contributed by atoms with E-state index < -0.39 is 0 Å². The SMILES string of the molecule is CCCCCCCC1c2cc(OC)c(OC)cc2CC(C)N1c1c(F)cccc1Cl. The highest BCUT2D eigenvalue weighted by atomic mass is 35.5. The molecular weight excluding hydrogens is 401 g/mol. The molecule has 2 aromatic rings. The number of anilines is 1. The monoisotopic (exact) mass is 433 g/mol. The van der Waals surface area contributed by atoms with Gasteiger partial charge in [-0.2, -0.15) is 0 Å². The first-order valence-electron chi connectivity index (χ1n) is 11.0. The lowest BCUT2D eigenvalue weighted by atomic mass is 9.85. The summed E-state index contributed by atoms with van der Waals surface area (Å²) < 4.78 is 26.0. The Morgan fingerprint density at radius 2 is 1.77 bits per heavy atom. The average molecular weight is 434 g/mol. The second-order valence-corrected chi connectivity index (χ2v) is 8.56. The molecule has 0 aliphatic carbocycles. The molecule has 5 heteroatoms. The van der Waals surface area contributed by atoms with Crippen LogP contribution in [0.25, 0.3) is 0 Å². The Bertz CT molecular complexity index is 837. The molecule has 0 spiro atoms. The van der Waals surface area contributed by atoms with Gasteiger partial charge in [-0.05, 0) is 55.2 Å². The van der Waals surface area contributed by atoms with Crippen LogP contribution in [-0.4, -0.2) is 20.3 Å². The van der Waals surface area contributed by atoms with Gasteiger partial charge in [0.1, 0.15) is 5.82 Å². The van der Waals surface area contributed by atoms with E-state index in [1.54, 1.807) is 26.4 Å². The maximum absolute atomic E-state index is 14.9. The lowest BCUT2D eigenvalue weighted by Gasteiger charge is -2.44. The van der Waals surface area contributed by atoms with Gasteiger partial charge in [0.15, 0.2) is 11.5 Å². The lowest BCUT2D eigenvalue weighted by molar-refractivity contribution is 0.351. The van der Waals surface area contributed by atoms with E-state index in [1.165, 1.54) is 42.9 Å². The Hall–Kier alpha value is -1.94. The van der Waals surface area contributed by atoms with Crippen molar-refractivity contribution >= 4 is 17.3 Å². The second-order valence-electron chi connectivity index (χ2n) is 8.16. The van der Waals surface area contributed by atoms with Gasteiger partial charge < -0.3 is 14.4 Å². The van der Waals surface area contributed by atoms with E-state index in [1.807, 2.05) is 0 Å². The molecule has 2 unspecified atom stereocenters. The Labute approximate surface area is 185 Å². The molecule has 3 rings (SSSR count). The first-order valence-corrected chi connectivity index (χ1v) is 11.4. The summed E-state index contributed by atoms with van der Waals surface area (Å²) in [4.78, 5) is 2.19. The van der Waals surface area contributed by atoms with Crippen LogP contribution in [0.3, 0.4) is 0 Å². The number of benzene rings is 2. The third kappa shape index (κ3) is 4.69. The van der Waals surface area contributed by atoms with Crippen LogP contribution in [-0.2, 0) is 6.42 Å². The summed E-state index contributed by atoms with van der Waals surface area (Å²) in [6, 6.07) is 9.24. The number of fused-ring (bicyclic) bond motifs is 1. The van der Waals surface area contributed by atoms with Crippen molar-refractivity contribution in [2.75, 3.05) is 19.1 Å². The van der Waals surface area contributed by atoms with Gasteiger partial charge in [0.2, 0.25) is 0 Å². The molecule has 0 saturated carbocycles. The van der Waals surface area contributed by atoms with Gasteiger partial charge >= 0.3 is 0 Å². The number of hydrogen-bond acceptors (Lipinski definition) is 3. The highest BCUT2D eigenvalue weighted by Crippen LogP contribution is 2.46. The molecule has 30 heavy (non-hydrogen) atoms. The summed E-state index contributed by atoms with van der Waals surface area (Å²) in [7, 11) is 3.31. The molecule has 0 saturated heterocycles. The molecule has 0 radical (unpaired) electrons. The average Bonchev–Trinajstić information content (AvgIpc) is 2.73. The molecular formula is C25H33ClFNO2. The van der Waals surface area contributed by atoms with E-state index in [0.717, 1.165) is 25.0 Å². The molecule has 0 amide bonds. The topological polar surface area (TPSA) is 21.7 Å². The van der Waals surface area contributed by atoms with Gasteiger partial charge in [0.25, 0.3) is 0 Å². The fraction of sp³-hybridized carbons (Fsp3) is 0.520. The molecule has 164 valence electrons. The third-order valence-corrected chi connectivity index (χ3v) is 6.41. The van der Waals surface area contributed by atoms with Crippen molar-refractivity contribution in [3.05, 3.63) is 52.3 Å². The zero-order valence-electron chi connectivity index (χ0n) is 18.5. The predicted octanol–water partition coefficient (Wildman–Crippen LogP) is 7.35. The van der Waals surface area contributed by atoms with Crippen molar-refractivity contribution in [2.24, 2.45) is 0 Å². The number of para-hydroxylation sites is 1. The molecule has 1 aliphatic rings. The van der Waals surface area contributed by atoms with E-state index >= 15 is 0 Å². The Morgan fingerprint density at radius 1 is 1.07 bits per heavy atom. The minimum absolute atomic E-state index is 0.0413. The Morgan fingerprint density at radius 3 is 2.43 bits per heavy atom. The van der Waals surface area contributed by atoms with Crippen molar-refractivity contribution in [3.8, 4) is 11.5 Å². The van der Waals surface area contributed by atoms with Crippen LogP contribution in [0, 0.1) is 5.82 Å². The smallest absolute Gasteiger partial charge is 0.161 e. The van der Waals surface area contributed by atoms with Crippen molar-refractivity contribution in [1.29, 1.82) is 0 Å². The maximum atomic E-state index is 14.9. The molecule has 1 aliphatic heterocycles. The van der Waals surface area contributed by atoms with Gasteiger partial charge in [0, 0.05) is 6.04 Å². The number of hydrogen-bond donors (Lipinski definition) is 0. The summed E-state index contributed by atoms with van der Waals surface area (Å²) in [6.07, 6.45) is 7.72. The van der Waals surface area contributed by atoms with Crippen molar-refractivity contribution in [3.63, 3.8) is 0 Å². The largest absolute Gasteiger partial charge is 0.493 e. The molecule has 0 bridgehead atoms. The third-order valence-electron chi connectivity index (χ3n) is 6.11. The Balaban J connectivity index is 2.03. The summed E-state index contributed by atoms with van der Waals surface area (Å²) in [5.74, 6) is 1.18. The van der Waals surface area contributed by atoms with Gasteiger partial charge in [0.05, 0.1) is 31.0 Å². The predicted molar refractivity (Wildman–Crippen MR) is 123 cm³/mol. The second kappa shape index (κ2) is 10.4. The van der Waals surface area contributed by atoms with Crippen molar-refractivity contribution in [2.45, 2.75) is 70.9 Å². The zero-order chi connectivity index (χ0) is 21.7. The standard InChI is InChI=1S/C25H33ClFNO2/c1-5-6-7-8-9-13-22-19-16-24(30-4)23(29-3)15-18(19)14-17(2)28(22)25-20(26)11-10-12-21(25)27/h10-12,15-17,22H,5-9,13-14H2,1-4H3. The van der Waals surface area contributed by atoms with E-state index in [2.05, 4.69) is 30.9 Å². The number of methoxy groups -OCH3 is 2. The fourth-order valence-electron chi connectivity index (χ4n) is 4.65. The van der Waals surface area contributed by atoms with E-state index in [-0.39, 0.29) is 17.9 Å². The fourth-order valence-corrected chi connectivity index (χ4v) is 4.91.